The Hall–Kier alpha value is -2.46. The molecule has 4 rings (SSSR count). The van der Waals surface area contributed by atoms with E-state index in [0.717, 1.165) is 55.1 Å². The number of para-hydroxylation sites is 1. The minimum atomic E-state index is -2.00. The van der Waals surface area contributed by atoms with Crippen LogP contribution in [0, 0.1) is 0 Å². The Morgan fingerprint density at radius 3 is 2.72 bits per heavy atom. The zero-order chi connectivity index (χ0) is 20.1. The van der Waals surface area contributed by atoms with Gasteiger partial charge < -0.3 is 0 Å². The van der Waals surface area contributed by atoms with Crippen molar-refractivity contribution in [1.82, 2.24) is 29.6 Å². The third kappa shape index (κ3) is 5.33. The minimum absolute atomic E-state index is 0.356. The van der Waals surface area contributed by atoms with Gasteiger partial charge in [0.1, 0.15) is 0 Å². The van der Waals surface area contributed by atoms with E-state index >= 15 is 0 Å². The van der Waals surface area contributed by atoms with E-state index in [9.17, 15) is 4.21 Å². The zero-order valence-electron chi connectivity index (χ0n) is 16.0. The van der Waals surface area contributed by atoms with Crippen molar-refractivity contribution in [3.8, 4) is 5.69 Å². The van der Waals surface area contributed by atoms with E-state index in [1.54, 1.807) is 6.20 Å². The smallest absolute Gasteiger partial charge is 0.232 e. The van der Waals surface area contributed by atoms with Gasteiger partial charge in [0, 0.05) is 30.9 Å². The number of hydrogen-bond donors (Lipinski definition) is 2. The van der Waals surface area contributed by atoms with Crippen molar-refractivity contribution in [3.05, 3.63) is 71.8 Å². The summed E-state index contributed by atoms with van der Waals surface area (Å²) in [5.41, 5.74) is 4.01. The summed E-state index contributed by atoms with van der Waals surface area (Å²) in [6.07, 6.45) is 5.83. The summed E-state index contributed by atoms with van der Waals surface area (Å²) in [6.45, 7) is 3.11. The van der Waals surface area contributed by atoms with Crippen LogP contribution < -0.4 is 4.72 Å². The molecule has 1 aromatic carbocycles. The van der Waals surface area contributed by atoms with Crippen LogP contribution in [-0.4, -0.2) is 46.7 Å². The maximum atomic E-state index is 10.8. The molecule has 2 aromatic heterocycles. The van der Waals surface area contributed by atoms with Gasteiger partial charge in [-0.1, -0.05) is 23.4 Å². The van der Waals surface area contributed by atoms with Gasteiger partial charge in [-0.25, -0.2) is 13.6 Å². The molecule has 0 saturated carbocycles. The summed E-state index contributed by atoms with van der Waals surface area (Å²) in [7, 11) is 0. The van der Waals surface area contributed by atoms with E-state index in [1.807, 2.05) is 53.3 Å². The Labute approximate surface area is 172 Å². The highest BCUT2D eigenvalue weighted by Crippen LogP contribution is 2.27. The number of rotatable bonds is 7. The number of nitrogens with zero attached hydrogens (tertiary/aromatic N) is 5. The number of hydrogen-bond acceptors (Lipinski definition) is 5. The normalized spacial score (nSPS) is 16.7. The molecule has 152 valence electrons. The van der Waals surface area contributed by atoms with Crippen molar-refractivity contribution >= 4 is 11.3 Å². The molecule has 0 spiro atoms. The molecule has 3 heterocycles. The molecule has 29 heavy (non-hydrogen) atoms. The van der Waals surface area contributed by atoms with Crippen molar-refractivity contribution in [2.75, 3.05) is 13.1 Å². The summed E-state index contributed by atoms with van der Waals surface area (Å²) >= 11 is -2.00. The summed E-state index contributed by atoms with van der Waals surface area (Å²) in [4.78, 5) is 6.92. The fraction of sp³-hybridized carbons (Fsp3) is 0.350. The van der Waals surface area contributed by atoms with E-state index in [2.05, 4.69) is 24.9 Å². The predicted molar refractivity (Wildman–Crippen MR) is 110 cm³/mol. The summed E-state index contributed by atoms with van der Waals surface area (Å²) in [5, 5.41) is 8.56. The van der Waals surface area contributed by atoms with Gasteiger partial charge in [0.2, 0.25) is 11.3 Å². The molecule has 3 aromatic rings. The van der Waals surface area contributed by atoms with Crippen LogP contribution in [0.4, 0.5) is 0 Å². The summed E-state index contributed by atoms with van der Waals surface area (Å²) in [6, 6.07) is 13.9. The Balaban J connectivity index is 1.31. The van der Waals surface area contributed by atoms with Gasteiger partial charge in [-0.2, -0.15) is 0 Å². The van der Waals surface area contributed by atoms with E-state index in [-0.39, 0.29) is 0 Å². The first kappa shape index (κ1) is 19.8. The first-order valence-electron chi connectivity index (χ1n) is 9.65. The van der Waals surface area contributed by atoms with Gasteiger partial charge in [0.15, 0.2) is 0 Å². The molecular weight excluding hydrogens is 388 g/mol. The Morgan fingerprint density at radius 1 is 1.17 bits per heavy atom. The molecule has 1 aliphatic rings. The lowest BCUT2D eigenvalue weighted by Gasteiger charge is -2.31. The second-order valence-electron chi connectivity index (χ2n) is 7.20. The molecule has 0 radical (unpaired) electrons. The second-order valence-corrected chi connectivity index (χ2v) is 7.99. The average Bonchev–Trinajstić information content (AvgIpc) is 3.22. The van der Waals surface area contributed by atoms with Crippen LogP contribution in [-0.2, 0) is 24.4 Å². The van der Waals surface area contributed by atoms with Crippen molar-refractivity contribution in [2.45, 2.75) is 31.8 Å². The zero-order valence-corrected chi connectivity index (χ0v) is 16.8. The first-order chi connectivity index (χ1) is 14.2. The van der Waals surface area contributed by atoms with E-state index in [4.69, 9.17) is 4.55 Å². The molecule has 0 aliphatic carbocycles. The monoisotopic (exact) mass is 412 g/mol. The number of benzene rings is 1. The highest BCUT2D eigenvalue weighted by atomic mass is 32.2. The van der Waals surface area contributed by atoms with Crippen LogP contribution in [0.5, 0.6) is 0 Å². The SMILES string of the molecule is O=S(O)NCc1ccnc(C2CCN(Cc3cn(-c4ccccc4)nn3)CC2)c1. The molecule has 8 nitrogen and oxygen atoms in total. The predicted octanol–water partition coefficient (Wildman–Crippen LogP) is 2.27. The Kier molecular flexibility index (Phi) is 6.40. The maximum Gasteiger partial charge on any atom is 0.232 e. The molecule has 1 atom stereocenters. The lowest BCUT2D eigenvalue weighted by atomic mass is 9.92. The van der Waals surface area contributed by atoms with Crippen LogP contribution in [0.2, 0.25) is 0 Å². The summed E-state index contributed by atoms with van der Waals surface area (Å²) < 4.78 is 24.0. The molecule has 1 unspecified atom stereocenters. The minimum Gasteiger partial charge on any atom is -0.297 e. The van der Waals surface area contributed by atoms with Gasteiger partial charge in [-0.3, -0.25) is 14.4 Å². The van der Waals surface area contributed by atoms with E-state index < -0.39 is 11.3 Å². The first-order valence-corrected chi connectivity index (χ1v) is 10.8. The molecule has 1 saturated heterocycles. The van der Waals surface area contributed by atoms with Gasteiger partial charge in [0.25, 0.3) is 0 Å². The third-order valence-electron chi connectivity index (χ3n) is 5.20. The molecule has 1 aliphatic heterocycles. The van der Waals surface area contributed by atoms with Crippen LogP contribution in [0.1, 0.15) is 35.7 Å². The topological polar surface area (TPSA) is 96.2 Å². The van der Waals surface area contributed by atoms with E-state index in [1.165, 1.54) is 0 Å². The largest absolute Gasteiger partial charge is 0.297 e. The lowest BCUT2D eigenvalue weighted by Crippen LogP contribution is -2.32. The Bertz CT molecular complexity index is 956. The molecule has 1 fully saturated rings. The van der Waals surface area contributed by atoms with Gasteiger partial charge in [-0.05, 0) is 55.8 Å². The number of nitrogens with one attached hydrogen (secondary N) is 1. The molecule has 0 bridgehead atoms. The number of piperidine rings is 1. The molecule has 2 N–H and O–H groups in total. The Morgan fingerprint density at radius 2 is 1.97 bits per heavy atom. The van der Waals surface area contributed by atoms with Crippen molar-refractivity contribution in [2.24, 2.45) is 0 Å². The highest BCUT2D eigenvalue weighted by Gasteiger charge is 2.22. The number of likely N-dealkylation sites (tertiary alicyclic amines) is 1. The number of pyridine rings is 1. The second kappa shape index (κ2) is 9.36. The van der Waals surface area contributed by atoms with Gasteiger partial charge >= 0.3 is 0 Å². The maximum absolute atomic E-state index is 10.8. The van der Waals surface area contributed by atoms with Crippen LogP contribution in [0.3, 0.4) is 0 Å². The number of aromatic nitrogens is 4. The molecule has 9 heteroatoms. The van der Waals surface area contributed by atoms with Gasteiger partial charge in [0.05, 0.1) is 17.6 Å². The highest BCUT2D eigenvalue weighted by molar-refractivity contribution is 7.77. The lowest BCUT2D eigenvalue weighted by molar-refractivity contribution is 0.201. The summed E-state index contributed by atoms with van der Waals surface area (Å²) in [5.74, 6) is 0.408. The van der Waals surface area contributed by atoms with Crippen LogP contribution in [0.25, 0.3) is 5.69 Å². The third-order valence-corrected chi connectivity index (χ3v) is 5.59. The van der Waals surface area contributed by atoms with Crippen molar-refractivity contribution < 1.29 is 8.76 Å². The average molecular weight is 413 g/mol. The van der Waals surface area contributed by atoms with Crippen molar-refractivity contribution in [1.29, 1.82) is 0 Å². The quantitative estimate of drug-likeness (QED) is 0.578. The molecular formula is C20H24N6O2S. The van der Waals surface area contributed by atoms with E-state index in [0.29, 0.717) is 12.5 Å². The fourth-order valence-electron chi connectivity index (χ4n) is 3.67. The van der Waals surface area contributed by atoms with Crippen LogP contribution >= 0.6 is 0 Å². The fourth-order valence-corrected chi connectivity index (χ4v) is 3.96. The standard InChI is InChI=1S/C20H24N6O2S/c27-29(28)22-13-16-6-9-21-20(12-16)17-7-10-25(11-8-17)14-18-15-26(24-23-18)19-4-2-1-3-5-19/h1-6,9,12,15,17,22H,7-8,10-11,13-14H2,(H,27,28). The van der Waals surface area contributed by atoms with Crippen LogP contribution in [0.15, 0.2) is 54.9 Å². The van der Waals surface area contributed by atoms with Gasteiger partial charge in [-0.15, -0.1) is 5.10 Å². The molecule has 0 amide bonds. The van der Waals surface area contributed by atoms with Crippen molar-refractivity contribution in [3.63, 3.8) is 0 Å².